The fraction of sp³-hybridized carbons (Fsp3) is 0.417. The number of alkyl halides is 6. The van der Waals surface area contributed by atoms with Gasteiger partial charge in [0.2, 0.25) is 0 Å². The zero-order valence-corrected chi connectivity index (χ0v) is 11.5. The molecule has 0 heterocycles. The van der Waals surface area contributed by atoms with E-state index in [0.717, 1.165) is 17.4 Å². The summed E-state index contributed by atoms with van der Waals surface area (Å²) in [5.41, 5.74) is -6.02. The molecular formula is C12H11F7N2O2. The van der Waals surface area contributed by atoms with Crippen molar-refractivity contribution >= 4 is 11.8 Å². The summed E-state index contributed by atoms with van der Waals surface area (Å²) in [7, 11) is 0. The molecule has 4 nitrogen and oxygen atoms in total. The zero-order chi connectivity index (χ0) is 17.9. The number of halogens is 7. The van der Waals surface area contributed by atoms with Crippen LogP contribution >= 0.6 is 0 Å². The smallest absolute Gasteiger partial charge is 0.439 e. The van der Waals surface area contributed by atoms with E-state index in [2.05, 4.69) is 4.74 Å². The van der Waals surface area contributed by atoms with E-state index in [0.29, 0.717) is 17.4 Å². The second-order valence-corrected chi connectivity index (χ2v) is 4.20. The molecule has 0 spiro atoms. The lowest BCUT2D eigenvalue weighted by Crippen LogP contribution is -2.72. The minimum atomic E-state index is -6.04. The van der Waals surface area contributed by atoms with Gasteiger partial charge < -0.3 is 10.1 Å². The Balaban J connectivity index is 3.39. The zero-order valence-electron chi connectivity index (χ0n) is 11.5. The third-order valence-corrected chi connectivity index (χ3v) is 2.61. The van der Waals surface area contributed by atoms with Gasteiger partial charge in [0.25, 0.3) is 0 Å². The molecule has 0 aliphatic rings. The molecule has 0 aliphatic heterocycles. The van der Waals surface area contributed by atoms with Crippen molar-refractivity contribution in [3.63, 3.8) is 0 Å². The summed E-state index contributed by atoms with van der Waals surface area (Å²) < 4.78 is 96.2. The quantitative estimate of drug-likeness (QED) is 0.643. The van der Waals surface area contributed by atoms with E-state index in [-0.39, 0.29) is 0 Å². The summed E-state index contributed by atoms with van der Waals surface area (Å²) in [6.07, 6.45) is -14.0. The largest absolute Gasteiger partial charge is 0.450 e. The van der Waals surface area contributed by atoms with E-state index in [1.54, 1.807) is 0 Å². The number of anilines is 1. The van der Waals surface area contributed by atoms with Gasteiger partial charge in [-0.05, 0) is 19.1 Å². The third kappa shape index (κ3) is 3.96. The first kappa shape index (κ1) is 18.8. The molecule has 2 N–H and O–H groups in total. The van der Waals surface area contributed by atoms with E-state index >= 15 is 0 Å². The maximum Gasteiger partial charge on any atom is 0.439 e. The lowest BCUT2D eigenvalue weighted by atomic mass is 10.1. The Bertz CT molecular complexity index is 543. The van der Waals surface area contributed by atoms with Gasteiger partial charge in [0.15, 0.2) is 0 Å². The molecule has 1 aromatic rings. The van der Waals surface area contributed by atoms with Gasteiger partial charge in [-0.1, -0.05) is 12.1 Å². The molecule has 0 unspecified atom stereocenters. The summed E-state index contributed by atoms with van der Waals surface area (Å²) in [6, 6.07) is 3.41. The molecule has 0 saturated heterocycles. The highest BCUT2D eigenvalue weighted by Gasteiger charge is 2.73. The van der Waals surface area contributed by atoms with E-state index in [1.807, 2.05) is 0 Å². The first-order chi connectivity index (χ1) is 10.4. The predicted molar refractivity (Wildman–Crippen MR) is 65.0 cm³/mol. The monoisotopic (exact) mass is 348 g/mol. The summed E-state index contributed by atoms with van der Waals surface area (Å²) in [5, 5.41) is 1.69. The van der Waals surface area contributed by atoms with Gasteiger partial charge >= 0.3 is 24.1 Å². The van der Waals surface area contributed by atoms with Crippen LogP contribution in [0.4, 0.5) is 41.2 Å². The van der Waals surface area contributed by atoms with Gasteiger partial charge in [-0.2, -0.15) is 26.3 Å². The highest BCUT2D eigenvalue weighted by Crippen LogP contribution is 2.43. The van der Waals surface area contributed by atoms with Crippen molar-refractivity contribution in [1.29, 1.82) is 0 Å². The van der Waals surface area contributed by atoms with Gasteiger partial charge in [0.1, 0.15) is 5.82 Å². The molecule has 0 fully saturated rings. The van der Waals surface area contributed by atoms with E-state index in [4.69, 9.17) is 0 Å². The Hall–Kier alpha value is -2.20. The number of para-hydroxylation sites is 1. The van der Waals surface area contributed by atoms with Crippen molar-refractivity contribution in [3.05, 3.63) is 30.1 Å². The highest BCUT2D eigenvalue weighted by atomic mass is 19.4. The number of nitrogens with one attached hydrogen (secondary N) is 2. The molecule has 1 rings (SSSR count). The number of alkyl carbamates (subject to hydrolysis) is 1. The van der Waals surface area contributed by atoms with E-state index in [9.17, 15) is 35.5 Å². The second kappa shape index (κ2) is 6.50. The maximum atomic E-state index is 13.4. The van der Waals surface area contributed by atoms with Crippen LogP contribution in [-0.4, -0.2) is 30.7 Å². The molecule has 11 heteroatoms. The van der Waals surface area contributed by atoms with Crippen LogP contribution in [0.3, 0.4) is 0 Å². The van der Waals surface area contributed by atoms with Crippen molar-refractivity contribution < 1.29 is 40.3 Å². The van der Waals surface area contributed by atoms with Crippen molar-refractivity contribution in [2.45, 2.75) is 24.9 Å². The number of carbonyl (C=O) groups is 1. The molecule has 0 aromatic heterocycles. The predicted octanol–water partition coefficient (Wildman–Crippen LogP) is 3.80. The minimum Gasteiger partial charge on any atom is -0.450 e. The Morgan fingerprint density at radius 3 is 2.04 bits per heavy atom. The molecule has 0 bridgehead atoms. The van der Waals surface area contributed by atoms with Gasteiger partial charge in [0, 0.05) is 0 Å². The molecule has 0 aliphatic carbocycles. The van der Waals surface area contributed by atoms with E-state index < -0.39 is 42.2 Å². The second-order valence-electron chi connectivity index (χ2n) is 4.20. The molecule has 130 valence electrons. The van der Waals surface area contributed by atoms with Crippen molar-refractivity contribution in [2.75, 3.05) is 11.9 Å². The van der Waals surface area contributed by atoms with Crippen LogP contribution in [0.1, 0.15) is 6.92 Å². The summed E-state index contributed by atoms with van der Waals surface area (Å²) in [4.78, 5) is 11.2. The topological polar surface area (TPSA) is 50.4 Å². The van der Waals surface area contributed by atoms with Crippen molar-refractivity contribution in [1.82, 2.24) is 5.32 Å². The van der Waals surface area contributed by atoms with Gasteiger partial charge in [0.05, 0.1) is 12.3 Å². The van der Waals surface area contributed by atoms with Crippen LogP contribution < -0.4 is 10.6 Å². The highest BCUT2D eigenvalue weighted by molar-refractivity contribution is 5.69. The van der Waals surface area contributed by atoms with Crippen LogP contribution in [0.25, 0.3) is 0 Å². The van der Waals surface area contributed by atoms with Crippen LogP contribution in [0.15, 0.2) is 24.3 Å². The molecule has 0 saturated carbocycles. The molecule has 23 heavy (non-hydrogen) atoms. The molecular weight excluding hydrogens is 337 g/mol. The van der Waals surface area contributed by atoms with Gasteiger partial charge in [-0.25, -0.2) is 9.18 Å². The van der Waals surface area contributed by atoms with Crippen LogP contribution in [0, 0.1) is 5.82 Å². The standard InChI is InChI=1S/C12H11F7N2O2/c1-2-23-9(22)21-10(11(14,15)16,12(17,18)19)20-8-6-4-3-5-7(8)13/h3-6,20H,2H2,1H3,(H,21,22). The Kier molecular flexibility index (Phi) is 5.33. The number of hydrogen-bond acceptors (Lipinski definition) is 3. The van der Waals surface area contributed by atoms with Crippen LogP contribution in [-0.2, 0) is 4.74 Å². The summed E-state index contributed by atoms with van der Waals surface area (Å²) in [6.45, 7) is 0.726. The van der Waals surface area contributed by atoms with E-state index in [1.165, 1.54) is 6.92 Å². The van der Waals surface area contributed by atoms with Crippen molar-refractivity contribution in [3.8, 4) is 0 Å². The van der Waals surface area contributed by atoms with Crippen molar-refractivity contribution in [2.24, 2.45) is 0 Å². The first-order valence-corrected chi connectivity index (χ1v) is 6.05. The van der Waals surface area contributed by atoms with Crippen LogP contribution in [0.5, 0.6) is 0 Å². The molecule has 0 radical (unpaired) electrons. The minimum absolute atomic E-state index is 0.461. The Labute approximate surface area is 125 Å². The molecule has 1 amide bonds. The van der Waals surface area contributed by atoms with Crippen LogP contribution in [0.2, 0.25) is 0 Å². The SMILES string of the molecule is CCOC(=O)NC(Nc1ccccc1F)(C(F)(F)F)C(F)(F)F. The number of rotatable bonds is 4. The van der Waals surface area contributed by atoms with Gasteiger partial charge in [-0.15, -0.1) is 0 Å². The Morgan fingerprint density at radius 1 is 1.09 bits per heavy atom. The fourth-order valence-corrected chi connectivity index (χ4v) is 1.56. The number of carbonyl (C=O) groups excluding carboxylic acids is 1. The summed E-state index contributed by atoms with van der Waals surface area (Å²) >= 11 is 0. The number of benzene rings is 1. The Morgan fingerprint density at radius 2 is 1.61 bits per heavy atom. The molecule has 1 aromatic carbocycles. The number of hydrogen-bond donors (Lipinski definition) is 2. The summed E-state index contributed by atoms with van der Waals surface area (Å²) in [5.74, 6) is -1.36. The fourth-order valence-electron chi connectivity index (χ4n) is 1.56. The number of ether oxygens (including phenoxy) is 1. The third-order valence-electron chi connectivity index (χ3n) is 2.61. The lowest BCUT2D eigenvalue weighted by molar-refractivity contribution is -0.294. The average molecular weight is 348 g/mol. The average Bonchev–Trinajstić information content (AvgIpc) is 2.38. The first-order valence-electron chi connectivity index (χ1n) is 6.05. The molecule has 0 atom stereocenters. The normalized spacial score (nSPS) is 12.7. The van der Waals surface area contributed by atoms with Gasteiger partial charge in [-0.3, -0.25) is 5.32 Å². The maximum absolute atomic E-state index is 13.4. The lowest BCUT2D eigenvalue weighted by Gasteiger charge is -2.38. The number of amides is 1.